The maximum atomic E-state index is 5.22. The molecule has 2 heteroatoms. The molecule has 30 heavy (non-hydrogen) atoms. The van der Waals surface area contributed by atoms with E-state index < -0.39 is 0 Å². The molecule has 3 aromatic carbocycles. The molecule has 1 heterocycles. The number of hydrogen-bond acceptors (Lipinski definition) is 1. The third kappa shape index (κ3) is 2.28. The number of para-hydroxylation sites is 1. The van der Waals surface area contributed by atoms with Crippen molar-refractivity contribution in [3.8, 4) is 17.1 Å². The normalized spacial score (nSPS) is 24.5. The van der Waals surface area contributed by atoms with Crippen LogP contribution in [-0.4, -0.2) is 9.55 Å². The van der Waals surface area contributed by atoms with Gasteiger partial charge in [-0.1, -0.05) is 62.4 Å². The fraction of sp³-hybridized carbons (Fsp3) is 0.321. The van der Waals surface area contributed by atoms with Gasteiger partial charge in [0.25, 0.3) is 0 Å². The number of aryl methyl sites for hydroxylation is 2. The van der Waals surface area contributed by atoms with Crippen LogP contribution in [0.25, 0.3) is 28.1 Å². The standard InChI is InChI=1S/C28H28N2/c1-18-9-8-10-19(2)25(18)30-24-16-22-21(27(3)13-14-28(22,4)17-27)15-23(24)29-26(30)20-11-6-5-7-12-20/h5-12,15-16H,13-14,17H2,1-4H3. The zero-order valence-electron chi connectivity index (χ0n) is 18.3. The largest absolute Gasteiger partial charge is 0.292 e. The van der Waals surface area contributed by atoms with Crippen molar-refractivity contribution in [1.29, 1.82) is 0 Å². The van der Waals surface area contributed by atoms with Crippen molar-refractivity contribution in [3.63, 3.8) is 0 Å². The van der Waals surface area contributed by atoms with Crippen molar-refractivity contribution < 1.29 is 0 Å². The van der Waals surface area contributed by atoms with Crippen LogP contribution in [0, 0.1) is 13.8 Å². The number of nitrogens with zero attached hydrogens (tertiary/aromatic N) is 2. The minimum atomic E-state index is 0.307. The van der Waals surface area contributed by atoms with E-state index in [0.29, 0.717) is 10.8 Å². The van der Waals surface area contributed by atoms with Gasteiger partial charge in [0, 0.05) is 5.56 Å². The molecule has 150 valence electrons. The summed E-state index contributed by atoms with van der Waals surface area (Å²) in [5.74, 6) is 1.04. The van der Waals surface area contributed by atoms with Gasteiger partial charge in [-0.15, -0.1) is 0 Å². The lowest BCUT2D eigenvalue weighted by Gasteiger charge is -2.27. The number of aromatic nitrogens is 2. The van der Waals surface area contributed by atoms with E-state index in [1.165, 1.54) is 47.2 Å². The van der Waals surface area contributed by atoms with E-state index in [1.54, 1.807) is 5.56 Å². The van der Waals surface area contributed by atoms with Gasteiger partial charge in [0.05, 0.1) is 16.7 Å². The van der Waals surface area contributed by atoms with Crippen molar-refractivity contribution >= 4 is 11.0 Å². The molecule has 2 unspecified atom stereocenters. The molecule has 2 aliphatic rings. The summed E-state index contributed by atoms with van der Waals surface area (Å²) >= 11 is 0. The van der Waals surface area contributed by atoms with E-state index in [2.05, 4.69) is 92.9 Å². The van der Waals surface area contributed by atoms with Crippen LogP contribution in [0.4, 0.5) is 0 Å². The molecule has 6 rings (SSSR count). The lowest BCUT2D eigenvalue weighted by atomic mass is 9.78. The summed E-state index contributed by atoms with van der Waals surface area (Å²) in [6, 6.07) is 22.1. The molecule has 1 fully saturated rings. The summed E-state index contributed by atoms with van der Waals surface area (Å²) in [5.41, 5.74) is 11.1. The van der Waals surface area contributed by atoms with Gasteiger partial charge in [-0.2, -0.15) is 0 Å². The zero-order chi connectivity index (χ0) is 20.7. The molecule has 2 nitrogen and oxygen atoms in total. The van der Waals surface area contributed by atoms with Gasteiger partial charge in [-0.25, -0.2) is 4.98 Å². The summed E-state index contributed by atoms with van der Waals surface area (Å²) in [6.07, 6.45) is 3.87. The van der Waals surface area contributed by atoms with Gasteiger partial charge in [0.2, 0.25) is 0 Å². The fourth-order valence-corrected chi connectivity index (χ4v) is 6.34. The van der Waals surface area contributed by atoms with Crippen LogP contribution in [0.1, 0.15) is 55.4 Å². The third-order valence-corrected chi connectivity index (χ3v) is 7.80. The lowest BCUT2D eigenvalue weighted by Crippen LogP contribution is -2.18. The van der Waals surface area contributed by atoms with Crippen LogP contribution in [0.5, 0.6) is 0 Å². The summed E-state index contributed by atoms with van der Waals surface area (Å²) < 4.78 is 2.41. The molecular formula is C28H28N2. The highest BCUT2D eigenvalue weighted by molar-refractivity contribution is 5.86. The second kappa shape index (κ2) is 5.85. The Morgan fingerprint density at radius 1 is 0.800 bits per heavy atom. The Balaban J connectivity index is 1.73. The van der Waals surface area contributed by atoms with E-state index in [-0.39, 0.29) is 0 Å². The second-order valence-corrected chi connectivity index (χ2v) is 10.1. The second-order valence-electron chi connectivity index (χ2n) is 10.1. The number of rotatable bonds is 2. The molecule has 0 N–H and O–H groups in total. The molecule has 2 bridgehead atoms. The first-order valence-corrected chi connectivity index (χ1v) is 11.1. The summed E-state index contributed by atoms with van der Waals surface area (Å²) in [6.45, 7) is 9.34. The lowest BCUT2D eigenvalue weighted by molar-refractivity contribution is 0.484. The molecule has 1 aromatic heterocycles. The minimum absolute atomic E-state index is 0.307. The first kappa shape index (κ1) is 17.9. The average molecular weight is 393 g/mol. The van der Waals surface area contributed by atoms with E-state index in [4.69, 9.17) is 4.98 Å². The maximum absolute atomic E-state index is 5.22. The maximum Gasteiger partial charge on any atom is 0.145 e. The van der Waals surface area contributed by atoms with Crippen LogP contribution in [0.3, 0.4) is 0 Å². The first-order valence-electron chi connectivity index (χ1n) is 11.1. The average Bonchev–Trinajstić information content (AvgIpc) is 3.32. The Morgan fingerprint density at radius 3 is 2.10 bits per heavy atom. The van der Waals surface area contributed by atoms with E-state index in [9.17, 15) is 0 Å². The summed E-state index contributed by atoms with van der Waals surface area (Å²) in [7, 11) is 0. The van der Waals surface area contributed by atoms with Crippen molar-refractivity contribution in [1.82, 2.24) is 9.55 Å². The van der Waals surface area contributed by atoms with Crippen LogP contribution in [0.2, 0.25) is 0 Å². The highest BCUT2D eigenvalue weighted by Gasteiger charge is 2.53. The van der Waals surface area contributed by atoms with Gasteiger partial charge in [0.1, 0.15) is 5.82 Å². The van der Waals surface area contributed by atoms with E-state index in [0.717, 1.165) is 16.9 Å². The quantitative estimate of drug-likeness (QED) is 0.358. The Hall–Kier alpha value is -2.87. The Bertz CT molecular complexity index is 1290. The van der Waals surface area contributed by atoms with Crippen molar-refractivity contribution in [3.05, 3.63) is 82.9 Å². The van der Waals surface area contributed by atoms with Crippen LogP contribution < -0.4 is 0 Å². The van der Waals surface area contributed by atoms with Crippen LogP contribution >= 0.6 is 0 Å². The van der Waals surface area contributed by atoms with E-state index in [1.807, 2.05) is 0 Å². The summed E-state index contributed by atoms with van der Waals surface area (Å²) in [5, 5.41) is 0. The predicted octanol–water partition coefficient (Wildman–Crippen LogP) is 7.02. The smallest absolute Gasteiger partial charge is 0.145 e. The molecule has 0 amide bonds. The molecule has 0 spiro atoms. The van der Waals surface area contributed by atoms with Crippen molar-refractivity contribution in [2.24, 2.45) is 0 Å². The topological polar surface area (TPSA) is 17.8 Å². The van der Waals surface area contributed by atoms with E-state index >= 15 is 0 Å². The molecule has 0 aliphatic heterocycles. The van der Waals surface area contributed by atoms with Gasteiger partial charge in [-0.05, 0) is 78.3 Å². The molecule has 1 saturated carbocycles. The Labute approximate surface area is 178 Å². The van der Waals surface area contributed by atoms with Gasteiger partial charge in [-0.3, -0.25) is 4.57 Å². The minimum Gasteiger partial charge on any atom is -0.292 e. The molecule has 2 aliphatic carbocycles. The Morgan fingerprint density at radius 2 is 1.43 bits per heavy atom. The fourth-order valence-electron chi connectivity index (χ4n) is 6.34. The highest BCUT2D eigenvalue weighted by atomic mass is 15.1. The Kier molecular flexibility index (Phi) is 3.50. The monoisotopic (exact) mass is 392 g/mol. The molecule has 4 aromatic rings. The highest BCUT2D eigenvalue weighted by Crippen LogP contribution is 2.61. The van der Waals surface area contributed by atoms with Crippen molar-refractivity contribution in [2.75, 3.05) is 0 Å². The zero-order valence-corrected chi connectivity index (χ0v) is 18.3. The molecule has 0 radical (unpaired) electrons. The van der Waals surface area contributed by atoms with Crippen molar-refractivity contribution in [2.45, 2.75) is 57.8 Å². The summed E-state index contributed by atoms with van der Waals surface area (Å²) in [4.78, 5) is 5.22. The van der Waals surface area contributed by atoms with Gasteiger partial charge in [0.15, 0.2) is 0 Å². The first-order chi connectivity index (χ1) is 14.4. The number of benzene rings is 3. The van der Waals surface area contributed by atoms with Gasteiger partial charge >= 0.3 is 0 Å². The number of hydrogen-bond donors (Lipinski definition) is 0. The number of imidazole rings is 1. The third-order valence-electron chi connectivity index (χ3n) is 7.80. The molecular weight excluding hydrogens is 364 g/mol. The van der Waals surface area contributed by atoms with Crippen LogP contribution in [0.15, 0.2) is 60.7 Å². The van der Waals surface area contributed by atoms with Gasteiger partial charge < -0.3 is 0 Å². The SMILES string of the molecule is Cc1cccc(C)c1-n1c(-c2ccccc2)nc2cc3c(cc21)C1(C)CCC3(C)C1. The number of fused-ring (bicyclic) bond motifs is 6. The van der Waals surface area contributed by atoms with Crippen LogP contribution in [-0.2, 0) is 10.8 Å². The molecule has 0 saturated heterocycles. The molecule has 2 atom stereocenters. The predicted molar refractivity (Wildman–Crippen MR) is 125 cm³/mol.